The van der Waals surface area contributed by atoms with Gasteiger partial charge in [0.15, 0.2) is 5.16 Å². The van der Waals surface area contributed by atoms with Gasteiger partial charge in [0.25, 0.3) is 5.56 Å². The van der Waals surface area contributed by atoms with E-state index >= 15 is 0 Å². The Hall–Kier alpha value is -2.32. The average Bonchev–Trinajstić information content (AvgIpc) is 3.23. The third-order valence-corrected chi connectivity index (χ3v) is 7.19. The summed E-state index contributed by atoms with van der Waals surface area (Å²) in [5.74, 6) is 1.68. The van der Waals surface area contributed by atoms with E-state index in [-0.39, 0.29) is 17.2 Å². The number of nitrogens with zero attached hydrogens (tertiary/aromatic N) is 3. The monoisotopic (exact) mass is 443 g/mol. The molecule has 1 aliphatic heterocycles. The zero-order chi connectivity index (χ0) is 21.1. The van der Waals surface area contributed by atoms with Crippen LogP contribution in [0.5, 0.6) is 5.75 Å². The van der Waals surface area contributed by atoms with E-state index in [1.807, 2.05) is 40.6 Å². The van der Waals surface area contributed by atoms with Crippen LogP contribution in [0.25, 0.3) is 10.2 Å². The lowest BCUT2D eigenvalue weighted by molar-refractivity contribution is -0.130. The van der Waals surface area contributed by atoms with Crippen LogP contribution in [0.4, 0.5) is 0 Å². The molecule has 1 aliphatic rings. The first kappa shape index (κ1) is 20.9. The number of thiophene rings is 1. The van der Waals surface area contributed by atoms with Gasteiger partial charge in [0, 0.05) is 13.1 Å². The second-order valence-electron chi connectivity index (χ2n) is 7.65. The van der Waals surface area contributed by atoms with Gasteiger partial charge in [0.1, 0.15) is 10.4 Å². The van der Waals surface area contributed by atoms with Crippen molar-refractivity contribution in [3.05, 3.63) is 51.6 Å². The van der Waals surface area contributed by atoms with Gasteiger partial charge in [-0.3, -0.25) is 14.2 Å². The average molecular weight is 444 g/mol. The molecule has 1 atom stereocenters. The summed E-state index contributed by atoms with van der Waals surface area (Å²) in [6.45, 7) is 4.20. The molecule has 0 N–H and O–H groups in total. The Morgan fingerprint density at radius 1 is 1.37 bits per heavy atom. The molecule has 8 heteroatoms. The Morgan fingerprint density at radius 2 is 2.23 bits per heavy atom. The largest absolute Gasteiger partial charge is 0.497 e. The number of hydrogen-bond acceptors (Lipinski definition) is 6. The topological polar surface area (TPSA) is 64.4 Å². The lowest BCUT2D eigenvalue weighted by Gasteiger charge is -2.30. The maximum absolute atomic E-state index is 13.2. The smallest absolute Gasteiger partial charge is 0.272 e. The number of methoxy groups -OCH3 is 1. The molecule has 1 amide bonds. The number of aromatic nitrogens is 2. The third kappa shape index (κ3) is 4.54. The minimum Gasteiger partial charge on any atom is -0.497 e. The van der Waals surface area contributed by atoms with Crippen molar-refractivity contribution in [2.45, 2.75) is 31.5 Å². The Kier molecular flexibility index (Phi) is 6.43. The molecule has 4 rings (SSSR count). The fourth-order valence-electron chi connectivity index (χ4n) is 3.76. The molecule has 6 nitrogen and oxygen atoms in total. The van der Waals surface area contributed by atoms with E-state index in [0.717, 1.165) is 30.8 Å². The molecule has 30 heavy (non-hydrogen) atoms. The summed E-state index contributed by atoms with van der Waals surface area (Å²) >= 11 is 2.74. The van der Waals surface area contributed by atoms with Gasteiger partial charge >= 0.3 is 0 Å². The molecule has 1 saturated heterocycles. The number of piperidine rings is 1. The maximum atomic E-state index is 13.2. The summed E-state index contributed by atoms with van der Waals surface area (Å²) < 4.78 is 7.62. The van der Waals surface area contributed by atoms with Crippen molar-refractivity contribution in [3.8, 4) is 5.75 Å². The minimum atomic E-state index is -0.0700. The van der Waals surface area contributed by atoms with Crippen molar-refractivity contribution in [1.29, 1.82) is 0 Å². The zero-order valence-electron chi connectivity index (χ0n) is 17.2. The second kappa shape index (κ2) is 9.22. The van der Waals surface area contributed by atoms with Crippen LogP contribution in [-0.4, -0.2) is 46.3 Å². The highest BCUT2D eigenvalue weighted by atomic mass is 32.2. The van der Waals surface area contributed by atoms with E-state index in [4.69, 9.17) is 9.72 Å². The number of rotatable bonds is 6. The molecular weight excluding hydrogens is 418 g/mol. The van der Waals surface area contributed by atoms with Gasteiger partial charge in [0.2, 0.25) is 5.91 Å². The highest BCUT2D eigenvalue weighted by Gasteiger charge is 2.22. The Balaban J connectivity index is 1.60. The van der Waals surface area contributed by atoms with Crippen LogP contribution in [0, 0.1) is 5.92 Å². The third-order valence-electron chi connectivity index (χ3n) is 5.34. The molecule has 1 aromatic carbocycles. The summed E-state index contributed by atoms with van der Waals surface area (Å²) in [7, 11) is 1.62. The lowest BCUT2D eigenvalue weighted by Crippen LogP contribution is -2.40. The van der Waals surface area contributed by atoms with Crippen LogP contribution in [0.2, 0.25) is 0 Å². The predicted octanol–water partition coefficient (Wildman–Crippen LogP) is 3.87. The minimum absolute atomic E-state index is 0.0700. The van der Waals surface area contributed by atoms with E-state index in [1.165, 1.54) is 29.5 Å². The van der Waals surface area contributed by atoms with E-state index in [9.17, 15) is 9.59 Å². The summed E-state index contributed by atoms with van der Waals surface area (Å²) in [6, 6.07) is 9.52. The number of carbonyl (C=O) groups excluding carboxylic acids is 1. The van der Waals surface area contributed by atoms with Crippen molar-refractivity contribution in [2.75, 3.05) is 26.0 Å². The first-order valence-corrected chi connectivity index (χ1v) is 11.9. The highest BCUT2D eigenvalue weighted by Crippen LogP contribution is 2.24. The van der Waals surface area contributed by atoms with Gasteiger partial charge in [0.05, 0.1) is 24.9 Å². The summed E-state index contributed by atoms with van der Waals surface area (Å²) in [5, 5.41) is 2.45. The first-order valence-electron chi connectivity index (χ1n) is 10.1. The highest BCUT2D eigenvalue weighted by molar-refractivity contribution is 7.99. The van der Waals surface area contributed by atoms with Gasteiger partial charge in [-0.25, -0.2) is 4.98 Å². The number of fused-ring (bicyclic) bond motifs is 1. The lowest BCUT2D eigenvalue weighted by atomic mass is 10.0. The van der Waals surface area contributed by atoms with Crippen LogP contribution >= 0.6 is 23.1 Å². The SMILES string of the molecule is COc1cccc(Cn2c(SCC(=O)N3CCCC(C)C3)nc3ccsc3c2=O)c1. The van der Waals surface area contributed by atoms with Gasteiger partial charge in [-0.05, 0) is 47.9 Å². The summed E-state index contributed by atoms with van der Waals surface area (Å²) in [6.07, 6.45) is 2.23. The van der Waals surface area contributed by atoms with E-state index in [1.54, 1.807) is 11.7 Å². The Morgan fingerprint density at radius 3 is 3.03 bits per heavy atom. The van der Waals surface area contributed by atoms with Crippen LogP contribution in [0.15, 0.2) is 45.7 Å². The number of hydrogen-bond donors (Lipinski definition) is 0. The number of benzene rings is 1. The van der Waals surface area contributed by atoms with Crippen molar-refractivity contribution in [2.24, 2.45) is 5.92 Å². The maximum Gasteiger partial charge on any atom is 0.272 e. The van der Waals surface area contributed by atoms with Gasteiger partial charge in [-0.1, -0.05) is 30.8 Å². The normalized spacial score (nSPS) is 16.7. The van der Waals surface area contributed by atoms with Crippen molar-refractivity contribution >= 4 is 39.2 Å². The van der Waals surface area contributed by atoms with E-state index < -0.39 is 0 Å². The fourth-order valence-corrected chi connectivity index (χ4v) is 5.44. The molecule has 0 radical (unpaired) electrons. The van der Waals surface area contributed by atoms with Crippen LogP contribution in [0.1, 0.15) is 25.3 Å². The standard InChI is InChI=1S/C22H25N3O3S2/c1-15-5-4-9-24(12-15)19(26)14-30-22-23-18-8-10-29-20(18)21(27)25(22)13-16-6-3-7-17(11-16)28-2/h3,6-8,10-11,15H,4-5,9,12-14H2,1-2H3. The zero-order valence-corrected chi connectivity index (χ0v) is 18.8. The van der Waals surface area contributed by atoms with Crippen molar-refractivity contribution in [1.82, 2.24) is 14.5 Å². The van der Waals surface area contributed by atoms with Gasteiger partial charge in [-0.15, -0.1) is 11.3 Å². The second-order valence-corrected chi connectivity index (χ2v) is 9.51. The molecule has 0 saturated carbocycles. The molecule has 0 spiro atoms. The molecule has 158 valence electrons. The van der Waals surface area contributed by atoms with Gasteiger partial charge < -0.3 is 9.64 Å². The number of carbonyl (C=O) groups is 1. The molecular formula is C22H25N3O3S2. The van der Waals surface area contributed by atoms with Crippen LogP contribution in [0.3, 0.4) is 0 Å². The fraction of sp³-hybridized carbons (Fsp3) is 0.409. The van der Waals surface area contributed by atoms with Crippen molar-refractivity contribution in [3.63, 3.8) is 0 Å². The Bertz CT molecular complexity index is 1110. The molecule has 0 aliphatic carbocycles. The number of amides is 1. The molecule has 2 aromatic heterocycles. The predicted molar refractivity (Wildman–Crippen MR) is 122 cm³/mol. The van der Waals surface area contributed by atoms with Gasteiger partial charge in [-0.2, -0.15) is 0 Å². The quantitative estimate of drug-likeness (QED) is 0.428. The molecule has 1 unspecified atom stereocenters. The van der Waals surface area contributed by atoms with Crippen molar-refractivity contribution < 1.29 is 9.53 Å². The Labute approximate surface area is 183 Å². The summed E-state index contributed by atoms with van der Waals surface area (Å²) in [5.41, 5.74) is 1.57. The van der Waals surface area contributed by atoms with E-state index in [0.29, 0.717) is 27.8 Å². The molecule has 1 fully saturated rings. The number of likely N-dealkylation sites (tertiary alicyclic amines) is 1. The number of thioether (sulfide) groups is 1. The van der Waals surface area contributed by atoms with Crippen LogP contribution in [-0.2, 0) is 11.3 Å². The molecule has 3 heterocycles. The first-order chi connectivity index (χ1) is 14.5. The summed E-state index contributed by atoms with van der Waals surface area (Å²) in [4.78, 5) is 32.5. The molecule has 3 aromatic rings. The van der Waals surface area contributed by atoms with E-state index in [2.05, 4.69) is 6.92 Å². The number of ether oxygens (including phenoxy) is 1. The molecule has 0 bridgehead atoms. The van der Waals surface area contributed by atoms with Crippen LogP contribution < -0.4 is 10.3 Å².